The number of halogens is 1. The number of hydrogen-bond donors (Lipinski definition) is 0. The number of Topliss-reactive ketones (excluding diaryl/α,β-unsaturated/α-hetero) is 1. The van der Waals surface area contributed by atoms with Gasteiger partial charge in [-0.15, -0.1) is 0 Å². The Balaban J connectivity index is 2.02. The fourth-order valence-corrected chi connectivity index (χ4v) is 2.79. The molecule has 0 aromatic carbocycles. The van der Waals surface area contributed by atoms with E-state index < -0.39 is 0 Å². The monoisotopic (exact) mass is 310 g/mol. The van der Waals surface area contributed by atoms with Crippen LogP contribution in [-0.2, 0) is 7.05 Å². The van der Waals surface area contributed by atoms with Gasteiger partial charge >= 0.3 is 0 Å². The van der Waals surface area contributed by atoms with E-state index in [1.165, 1.54) is 11.8 Å². The molecule has 2 heterocycles. The molecule has 2 aromatic rings. The van der Waals surface area contributed by atoms with Gasteiger partial charge in [0.25, 0.3) is 0 Å². The third kappa shape index (κ3) is 2.98. The van der Waals surface area contributed by atoms with Gasteiger partial charge in [-0.25, -0.2) is 4.98 Å². The first-order chi connectivity index (χ1) is 8.18. The molecule has 5 heteroatoms. The molecule has 0 atom stereocenters. The molecule has 88 valence electrons. The highest BCUT2D eigenvalue weighted by atomic mass is 79.9. The number of carbonyl (C=O) groups is 1. The summed E-state index contributed by atoms with van der Waals surface area (Å²) in [5.74, 6) is 0.507. The number of pyridine rings is 1. The highest BCUT2D eigenvalue weighted by Gasteiger charge is 2.10. The molecule has 0 aliphatic carbocycles. The molecular weight excluding hydrogens is 300 g/mol. The molecule has 0 aliphatic heterocycles. The minimum atomic E-state index is 0.111. The van der Waals surface area contributed by atoms with Crippen LogP contribution in [0.2, 0.25) is 0 Å². The Morgan fingerprint density at radius 1 is 1.47 bits per heavy atom. The molecule has 0 bridgehead atoms. The van der Waals surface area contributed by atoms with Crippen molar-refractivity contribution in [3.8, 4) is 0 Å². The van der Waals surface area contributed by atoms with E-state index in [9.17, 15) is 4.79 Å². The number of nitrogens with zero attached hydrogens (tertiary/aromatic N) is 2. The average molecular weight is 311 g/mol. The van der Waals surface area contributed by atoms with Crippen molar-refractivity contribution in [1.82, 2.24) is 9.55 Å². The van der Waals surface area contributed by atoms with Gasteiger partial charge in [0.2, 0.25) is 0 Å². The Labute approximate surface area is 112 Å². The first kappa shape index (κ1) is 12.4. The van der Waals surface area contributed by atoms with Gasteiger partial charge in [0.05, 0.1) is 11.4 Å². The van der Waals surface area contributed by atoms with E-state index in [0.717, 1.165) is 15.2 Å². The van der Waals surface area contributed by atoms with E-state index in [0.29, 0.717) is 5.75 Å². The van der Waals surface area contributed by atoms with Crippen molar-refractivity contribution in [1.29, 1.82) is 0 Å². The molecule has 17 heavy (non-hydrogen) atoms. The van der Waals surface area contributed by atoms with Gasteiger partial charge < -0.3 is 4.57 Å². The summed E-state index contributed by atoms with van der Waals surface area (Å²) in [5.41, 5.74) is 0.726. The van der Waals surface area contributed by atoms with Crippen molar-refractivity contribution in [2.24, 2.45) is 7.05 Å². The van der Waals surface area contributed by atoms with Crippen molar-refractivity contribution >= 4 is 33.5 Å². The van der Waals surface area contributed by atoms with Crippen molar-refractivity contribution in [2.75, 3.05) is 5.75 Å². The molecular formula is C12H11BrN2OS. The summed E-state index contributed by atoms with van der Waals surface area (Å²) in [5, 5.41) is 0.843. The van der Waals surface area contributed by atoms with E-state index >= 15 is 0 Å². The van der Waals surface area contributed by atoms with Gasteiger partial charge in [-0.05, 0) is 40.2 Å². The molecule has 0 fully saturated rings. The number of aromatic nitrogens is 2. The largest absolute Gasteiger partial charge is 0.348 e. The third-order valence-corrected chi connectivity index (χ3v) is 4.20. The Morgan fingerprint density at radius 3 is 2.94 bits per heavy atom. The smallest absolute Gasteiger partial charge is 0.189 e. The second-order valence-electron chi connectivity index (χ2n) is 3.51. The summed E-state index contributed by atoms with van der Waals surface area (Å²) >= 11 is 4.85. The Kier molecular flexibility index (Phi) is 4.02. The lowest BCUT2D eigenvalue weighted by atomic mass is 10.3. The lowest BCUT2D eigenvalue weighted by Gasteiger charge is -2.03. The van der Waals surface area contributed by atoms with Gasteiger partial charge in [0.15, 0.2) is 5.78 Å². The van der Waals surface area contributed by atoms with Crippen molar-refractivity contribution in [3.05, 3.63) is 46.8 Å². The molecule has 0 saturated carbocycles. The quantitative estimate of drug-likeness (QED) is 0.642. The predicted molar refractivity (Wildman–Crippen MR) is 72.4 cm³/mol. The topological polar surface area (TPSA) is 34.9 Å². The van der Waals surface area contributed by atoms with Gasteiger partial charge in [-0.2, -0.15) is 0 Å². The first-order valence-electron chi connectivity index (χ1n) is 5.06. The number of ketones is 1. The Hall–Kier alpha value is -1.07. The zero-order chi connectivity index (χ0) is 12.3. The fourth-order valence-electron chi connectivity index (χ4n) is 1.44. The lowest BCUT2D eigenvalue weighted by molar-refractivity contribution is 0.101. The summed E-state index contributed by atoms with van der Waals surface area (Å²) in [4.78, 5) is 16.1. The Bertz CT molecular complexity index is 539. The summed E-state index contributed by atoms with van der Waals surface area (Å²) < 4.78 is 2.75. The summed E-state index contributed by atoms with van der Waals surface area (Å²) in [6.45, 7) is 0. The summed E-state index contributed by atoms with van der Waals surface area (Å²) in [6.07, 6.45) is 3.59. The van der Waals surface area contributed by atoms with Crippen molar-refractivity contribution in [3.63, 3.8) is 0 Å². The minimum Gasteiger partial charge on any atom is -0.348 e. The van der Waals surface area contributed by atoms with E-state index in [4.69, 9.17) is 0 Å². The van der Waals surface area contributed by atoms with Crippen LogP contribution in [0.15, 0.2) is 46.2 Å². The van der Waals surface area contributed by atoms with Crippen LogP contribution in [0.25, 0.3) is 0 Å². The normalized spacial score (nSPS) is 10.5. The number of thioether (sulfide) groups is 1. The maximum atomic E-state index is 11.9. The van der Waals surface area contributed by atoms with Crippen LogP contribution < -0.4 is 0 Å². The van der Waals surface area contributed by atoms with Crippen LogP contribution in [0.5, 0.6) is 0 Å². The van der Waals surface area contributed by atoms with E-state index in [1.54, 1.807) is 6.20 Å². The molecule has 0 aliphatic rings. The van der Waals surface area contributed by atoms with Crippen LogP contribution in [-0.4, -0.2) is 21.1 Å². The summed E-state index contributed by atoms with van der Waals surface area (Å²) in [7, 11) is 1.87. The number of rotatable bonds is 4. The van der Waals surface area contributed by atoms with Gasteiger partial charge in [0.1, 0.15) is 5.03 Å². The zero-order valence-corrected chi connectivity index (χ0v) is 11.7. The van der Waals surface area contributed by atoms with Crippen LogP contribution in [0.1, 0.15) is 10.5 Å². The maximum Gasteiger partial charge on any atom is 0.189 e. The molecule has 0 radical (unpaired) electrons. The molecule has 3 nitrogen and oxygen atoms in total. The number of aryl methyl sites for hydroxylation is 1. The van der Waals surface area contributed by atoms with Crippen LogP contribution in [0.3, 0.4) is 0 Å². The average Bonchev–Trinajstić information content (AvgIpc) is 2.74. The predicted octanol–water partition coefficient (Wildman–Crippen LogP) is 3.16. The standard InChI is InChI=1S/C12H11BrN2OS/c1-15-7-3-5-10(15)11(16)8-17-12-9(13)4-2-6-14-12/h2-7H,8H2,1H3. The van der Waals surface area contributed by atoms with Gasteiger partial charge in [-0.3, -0.25) is 4.79 Å². The highest BCUT2D eigenvalue weighted by Crippen LogP contribution is 2.25. The van der Waals surface area contributed by atoms with Gasteiger partial charge in [-0.1, -0.05) is 11.8 Å². The second kappa shape index (κ2) is 5.51. The SMILES string of the molecule is Cn1cccc1C(=O)CSc1ncccc1Br. The molecule has 2 rings (SSSR count). The van der Waals surface area contributed by atoms with E-state index in [2.05, 4.69) is 20.9 Å². The van der Waals surface area contributed by atoms with Crippen molar-refractivity contribution in [2.45, 2.75) is 5.03 Å². The lowest BCUT2D eigenvalue weighted by Crippen LogP contribution is -2.07. The fraction of sp³-hybridized carbons (Fsp3) is 0.167. The number of hydrogen-bond acceptors (Lipinski definition) is 3. The molecule has 0 saturated heterocycles. The second-order valence-corrected chi connectivity index (χ2v) is 5.32. The minimum absolute atomic E-state index is 0.111. The van der Waals surface area contributed by atoms with Crippen LogP contribution >= 0.6 is 27.7 Å². The maximum absolute atomic E-state index is 11.9. The van der Waals surface area contributed by atoms with Gasteiger partial charge in [0, 0.05) is 23.9 Å². The molecule has 0 N–H and O–H groups in total. The summed E-state index contributed by atoms with van der Waals surface area (Å²) in [6, 6.07) is 7.47. The Morgan fingerprint density at radius 2 is 2.29 bits per heavy atom. The molecule has 0 unspecified atom stereocenters. The number of carbonyl (C=O) groups excluding carboxylic acids is 1. The van der Waals surface area contributed by atoms with E-state index in [1.807, 2.05) is 42.1 Å². The molecule has 2 aromatic heterocycles. The third-order valence-electron chi connectivity index (χ3n) is 2.29. The molecule has 0 spiro atoms. The zero-order valence-electron chi connectivity index (χ0n) is 9.26. The molecule has 0 amide bonds. The van der Waals surface area contributed by atoms with Crippen LogP contribution in [0, 0.1) is 0 Å². The van der Waals surface area contributed by atoms with Crippen molar-refractivity contribution < 1.29 is 4.79 Å². The first-order valence-corrected chi connectivity index (χ1v) is 6.84. The highest BCUT2D eigenvalue weighted by molar-refractivity contribution is 9.10. The van der Waals surface area contributed by atoms with Crippen LogP contribution in [0.4, 0.5) is 0 Å². The van der Waals surface area contributed by atoms with E-state index in [-0.39, 0.29) is 5.78 Å².